The molecule has 0 unspecified atom stereocenters. The maximum absolute atomic E-state index is 12.6. The second kappa shape index (κ2) is 6.29. The van der Waals surface area contributed by atoms with E-state index in [0.717, 1.165) is 18.4 Å². The van der Waals surface area contributed by atoms with E-state index in [1.807, 2.05) is 0 Å². The van der Waals surface area contributed by atoms with Gasteiger partial charge in [0.2, 0.25) is 0 Å². The number of hydrogen-bond donors (Lipinski definition) is 1. The van der Waals surface area contributed by atoms with Gasteiger partial charge in [-0.25, -0.2) is 0 Å². The van der Waals surface area contributed by atoms with E-state index in [4.69, 9.17) is 5.11 Å². The van der Waals surface area contributed by atoms with Gasteiger partial charge in [0.15, 0.2) is 0 Å². The lowest BCUT2D eigenvalue weighted by Gasteiger charge is -2.23. The van der Waals surface area contributed by atoms with Crippen LogP contribution in [-0.4, -0.2) is 35.4 Å². The molecule has 5 heteroatoms. The SMILES string of the molecule is OCC#Cc1cccc(CN(CC(F)(F)F)C2CC2)c1. The molecule has 1 N–H and O–H groups in total. The molecule has 0 bridgehead atoms. The largest absolute Gasteiger partial charge is 0.401 e. The van der Waals surface area contributed by atoms with Gasteiger partial charge in [-0.05, 0) is 30.5 Å². The van der Waals surface area contributed by atoms with E-state index in [1.165, 1.54) is 4.90 Å². The number of aliphatic hydroxyl groups is 1. The van der Waals surface area contributed by atoms with E-state index in [1.54, 1.807) is 24.3 Å². The summed E-state index contributed by atoms with van der Waals surface area (Å²) in [5, 5.41) is 8.64. The molecule has 0 spiro atoms. The first kappa shape index (κ1) is 14.9. The molecular weight excluding hydrogens is 267 g/mol. The minimum absolute atomic E-state index is 0.0452. The maximum Gasteiger partial charge on any atom is 0.401 e. The van der Waals surface area contributed by atoms with Crippen LogP contribution in [0.1, 0.15) is 24.0 Å². The average Bonchev–Trinajstić information content (AvgIpc) is 3.18. The fraction of sp³-hybridized carbons (Fsp3) is 0.467. The number of hydrogen-bond acceptors (Lipinski definition) is 2. The lowest BCUT2D eigenvalue weighted by atomic mass is 10.1. The fourth-order valence-electron chi connectivity index (χ4n) is 2.11. The smallest absolute Gasteiger partial charge is 0.384 e. The molecule has 0 aliphatic heterocycles. The Balaban J connectivity index is 2.06. The molecule has 0 aromatic heterocycles. The van der Waals surface area contributed by atoms with Crippen LogP contribution in [0.4, 0.5) is 13.2 Å². The van der Waals surface area contributed by atoms with E-state index in [9.17, 15) is 13.2 Å². The molecule has 2 rings (SSSR count). The molecule has 1 aromatic carbocycles. The Bertz CT molecular complexity index is 512. The van der Waals surface area contributed by atoms with E-state index >= 15 is 0 Å². The number of rotatable bonds is 4. The summed E-state index contributed by atoms with van der Waals surface area (Å²) in [7, 11) is 0. The fourth-order valence-corrected chi connectivity index (χ4v) is 2.11. The molecule has 0 radical (unpaired) electrons. The zero-order valence-corrected chi connectivity index (χ0v) is 11.0. The second-order valence-corrected chi connectivity index (χ2v) is 4.91. The van der Waals surface area contributed by atoms with E-state index in [-0.39, 0.29) is 19.2 Å². The summed E-state index contributed by atoms with van der Waals surface area (Å²) in [5.41, 5.74) is 1.52. The molecular formula is C15H16F3NO. The van der Waals surface area contributed by atoms with Gasteiger partial charge < -0.3 is 5.11 Å². The molecule has 0 amide bonds. The first-order valence-electron chi connectivity index (χ1n) is 6.47. The Kier molecular flexibility index (Phi) is 4.69. The molecule has 1 aromatic rings. The number of alkyl halides is 3. The number of benzene rings is 1. The number of nitrogens with zero attached hydrogens (tertiary/aromatic N) is 1. The van der Waals surface area contributed by atoms with Gasteiger partial charge >= 0.3 is 6.18 Å². The Labute approximate surface area is 116 Å². The Hall–Kier alpha value is -1.51. The molecule has 1 fully saturated rings. The van der Waals surface area contributed by atoms with Gasteiger partial charge in [-0.3, -0.25) is 4.90 Å². The van der Waals surface area contributed by atoms with Gasteiger partial charge in [0.25, 0.3) is 0 Å². The van der Waals surface area contributed by atoms with Crippen LogP contribution in [0.3, 0.4) is 0 Å². The Morgan fingerprint density at radius 1 is 1.30 bits per heavy atom. The van der Waals surface area contributed by atoms with Gasteiger partial charge in [-0.1, -0.05) is 24.0 Å². The molecule has 1 aliphatic carbocycles. The van der Waals surface area contributed by atoms with Crippen molar-refractivity contribution in [3.63, 3.8) is 0 Å². The van der Waals surface area contributed by atoms with Crippen molar-refractivity contribution in [2.45, 2.75) is 31.6 Å². The van der Waals surface area contributed by atoms with Crippen molar-refractivity contribution in [2.24, 2.45) is 0 Å². The average molecular weight is 283 g/mol. The normalized spacial score (nSPS) is 15.1. The first-order valence-corrected chi connectivity index (χ1v) is 6.47. The van der Waals surface area contributed by atoms with Gasteiger partial charge in [0.05, 0.1) is 6.54 Å². The molecule has 0 heterocycles. The highest BCUT2D eigenvalue weighted by Crippen LogP contribution is 2.31. The summed E-state index contributed by atoms with van der Waals surface area (Å²) in [5.74, 6) is 5.29. The molecule has 0 saturated heterocycles. The van der Waals surface area contributed by atoms with Crippen molar-refractivity contribution in [2.75, 3.05) is 13.2 Å². The van der Waals surface area contributed by atoms with Gasteiger partial charge in [-0.15, -0.1) is 0 Å². The summed E-state index contributed by atoms with van der Waals surface area (Å²) in [6.45, 7) is -0.824. The molecule has 108 valence electrons. The number of aliphatic hydroxyl groups excluding tert-OH is 1. The van der Waals surface area contributed by atoms with Crippen molar-refractivity contribution in [1.29, 1.82) is 0 Å². The van der Waals surface area contributed by atoms with Crippen LogP contribution < -0.4 is 0 Å². The first-order chi connectivity index (χ1) is 9.48. The van der Waals surface area contributed by atoms with Gasteiger partial charge in [0.1, 0.15) is 6.61 Å². The maximum atomic E-state index is 12.6. The van der Waals surface area contributed by atoms with Crippen molar-refractivity contribution in [3.05, 3.63) is 35.4 Å². The van der Waals surface area contributed by atoms with Crippen LogP contribution in [-0.2, 0) is 6.54 Å². The van der Waals surface area contributed by atoms with Gasteiger partial charge in [0, 0.05) is 18.2 Å². The van der Waals surface area contributed by atoms with E-state index in [0.29, 0.717) is 5.56 Å². The standard InChI is InChI=1S/C15H16F3NO/c16-15(17,18)11-19(14-6-7-14)10-13-4-1-3-12(9-13)5-2-8-20/h1,3-4,9,14,20H,6-8,10-11H2. The van der Waals surface area contributed by atoms with E-state index in [2.05, 4.69) is 11.8 Å². The van der Waals surface area contributed by atoms with Crippen LogP contribution in [0.5, 0.6) is 0 Å². The molecule has 1 aliphatic rings. The third-order valence-electron chi connectivity index (χ3n) is 3.07. The van der Waals surface area contributed by atoms with Crippen LogP contribution in [0.25, 0.3) is 0 Å². The molecule has 1 saturated carbocycles. The third kappa shape index (κ3) is 4.87. The summed E-state index contributed by atoms with van der Waals surface area (Å²) in [6, 6.07) is 7.17. The Morgan fingerprint density at radius 3 is 2.65 bits per heavy atom. The van der Waals surface area contributed by atoms with Crippen LogP contribution in [0.15, 0.2) is 24.3 Å². The molecule has 20 heavy (non-hydrogen) atoms. The topological polar surface area (TPSA) is 23.5 Å². The minimum Gasteiger partial charge on any atom is -0.384 e. The summed E-state index contributed by atoms with van der Waals surface area (Å²) >= 11 is 0. The summed E-state index contributed by atoms with van der Waals surface area (Å²) < 4.78 is 37.7. The zero-order valence-electron chi connectivity index (χ0n) is 11.0. The van der Waals surface area contributed by atoms with Crippen molar-refractivity contribution >= 4 is 0 Å². The van der Waals surface area contributed by atoms with Crippen LogP contribution in [0, 0.1) is 11.8 Å². The molecule has 2 nitrogen and oxygen atoms in total. The monoisotopic (exact) mass is 283 g/mol. The predicted octanol–water partition coefficient (Wildman–Crippen LogP) is 2.56. The zero-order chi connectivity index (χ0) is 14.6. The van der Waals surface area contributed by atoms with Crippen molar-refractivity contribution in [1.82, 2.24) is 4.90 Å². The summed E-state index contributed by atoms with van der Waals surface area (Å²) in [6.07, 6.45) is -2.50. The van der Waals surface area contributed by atoms with Crippen molar-refractivity contribution in [3.8, 4) is 11.8 Å². The van der Waals surface area contributed by atoms with Gasteiger partial charge in [-0.2, -0.15) is 13.2 Å². The Morgan fingerprint density at radius 2 is 2.05 bits per heavy atom. The van der Waals surface area contributed by atoms with Crippen LogP contribution >= 0.6 is 0 Å². The lowest BCUT2D eigenvalue weighted by Crippen LogP contribution is -2.35. The highest BCUT2D eigenvalue weighted by atomic mass is 19.4. The summed E-state index contributed by atoms with van der Waals surface area (Å²) in [4.78, 5) is 1.47. The van der Waals surface area contributed by atoms with E-state index < -0.39 is 12.7 Å². The van der Waals surface area contributed by atoms with Crippen molar-refractivity contribution < 1.29 is 18.3 Å². The molecule has 0 atom stereocenters. The quantitative estimate of drug-likeness (QED) is 0.858. The highest BCUT2D eigenvalue weighted by Gasteiger charge is 2.37. The third-order valence-corrected chi connectivity index (χ3v) is 3.07. The predicted molar refractivity (Wildman–Crippen MR) is 69.9 cm³/mol. The highest BCUT2D eigenvalue weighted by molar-refractivity contribution is 5.37. The van der Waals surface area contributed by atoms with Crippen LogP contribution in [0.2, 0.25) is 0 Å². The number of halogens is 3. The second-order valence-electron chi connectivity index (χ2n) is 4.91. The lowest BCUT2D eigenvalue weighted by molar-refractivity contribution is -0.148. The minimum atomic E-state index is -4.17.